The second-order valence-corrected chi connectivity index (χ2v) is 4.24. The second-order valence-electron chi connectivity index (χ2n) is 3.32. The van der Waals surface area contributed by atoms with Crippen LogP contribution in [0.4, 0.5) is 0 Å². The number of nitrogens with zero attached hydrogens (tertiary/aromatic N) is 1. The maximum Gasteiger partial charge on any atom is 0.305 e. The molecule has 0 radical (unpaired) electrons. The molecule has 1 N–H and O–H groups in total. The van der Waals surface area contributed by atoms with Gasteiger partial charge in [0.15, 0.2) is 0 Å². The monoisotopic (exact) mass is 286 g/mol. The van der Waals surface area contributed by atoms with E-state index in [0.717, 1.165) is 23.1 Å². The molecule has 1 heterocycles. The summed E-state index contributed by atoms with van der Waals surface area (Å²) in [6, 6.07) is 3.91. The van der Waals surface area contributed by atoms with Crippen molar-refractivity contribution < 1.29 is 9.53 Å². The summed E-state index contributed by atoms with van der Waals surface area (Å²) in [6.07, 6.45) is 3.01. The Bertz CT molecular complexity index is 327. The zero-order valence-electron chi connectivity index (χ0n) is 9.20. The van der Waals surface area contributed by atoms with Gasteiger partial charge in [0.05, 0.1) is 12.8 Å². The molecule has 0 aliphatic rings. The average Bonchev–Trinajstić information content (AvgIpc) is 2.31. The van der Waals surface area contributed by atoms with E-state index in [1.54, 1.807) is 6.20 Å². The van der Waals surface area contributed by atoms with Gasteiger partial charge in [0.25, 0.3) is 0 Å². The Balaban J connectivity index is 2.11. The predicted molar refractivity (Wildman–Crippen MR) is 64.9 cm³/mol. The normalized spacial score (nSPS) is 10.1. The van der Waals surface area contributed by atoms with E-state index in [0.29, 0.717) is 13.0 Å². The standard InChI is InChI=1S/C11H15BrN2O2/c1-16-11(15)3-2-6-13-8-10-5-4-9(12)7-14-10/h4-5,7,13H,2-3,6,8H2,1H3. The zero-order chi connectivity index (χ0) is 11.8. The number of hydrogen-bond donors (Lipinski definition) is 1. The van der Waals surface area contributed by atoms with Crippen molar-refractivity contribution >= 4 is 21.9 Å². The highest BCUT2D eigenvalue weighted by atomic mass is 79.9. The van der Waals surface area contributed by atoms with E-state index in [1.165, 1.54) is 7.11 Å². The molecule has 0 saturated heterocycles. The van der Waals surface area contributed by atoms with Crippen molar-refractivity contribution in [1.29, 1.82) is 0 Å². The summed E-state index contributed by atoms with van der Waals surface area (Å²) < 4.78 is 5.52. The number of carbonyl (C=O) groups is 1. The lowest BCUT2D eigenvalue weighted by Gasteiger charge is -2.03. The molecule has 0 amide bonds. The van der Waals surface area contributed by atoms with Crippen molar-refractivity contribution in [2.45, 2.75) is 19.4 Å². The number of halogens is 1. The van der Waals surface area contributed by atoms with Gasteiger partial charge in [-0.15, -0.1) is 0 Å². The number of esters is 1. The van der Waals surface area contributed by atoms with Crippen molar-refractivity contribution in [3.63, 3.8) is 0 Å². The maximum atomic E-state index is 10.8. The fraction of sp³-hybridized carbons (Fsp3) is 0.455. The fourth-order valence-electron chi connectivity index (χ4n) is 1.19. The molecule has 0 saturated carbocycles. The SMILES string of the molecule is COC(=O)CCCNCc1ccc(Br)cn1. The fourth-order valence-corrected chi connectivity index (χ4v) is 1.42. The van der Waals surface area contributed by atoms with Gasteiger partial charge >= 0.3 is 5.97 Å². The number of hydrogen-bond acceptors (Lipinski definition) is 4. The van der Waals surface area contributed by atoms with Crippen LogP contribution in [0, 0.1) is 0 Å². The Labute approximate surface area is 104 Å². The van der Waals surface area contributed by atoms with Gasteiger partial charge in [-0.2, -0.15) is 0 Å². The topological polar surface area (TPSA) is 51.2 Å². The van der Waals surface area contributed by atoms with Crippen molar-refractivity contribution in [1.82, 2.24) is 10.3 Å². The van der Waals surface area contributed by atoms with Crippen LogP contribution in [0.2, 0.25) is 0 Å². The summed E-state index contributed by atoms with van der Waals surface area (Å²) in [5.74, 6) is -0.163. The van der Waals surface area contributed by atoms with Crippen LogP contribution in [0.15, 0.2) is 22.8 Å². The minimum atomic E-state index is -0.163. The Kier molecular flexibility index (Phi) is 6.03. The average molecular weight is 287 g/mol. The predicted octanol–water partition coefficient (Wildman–Crippen LogP) is 1.89. The van der Waals surface area contributed by atoms with Crippen LogP contribution in [-0.4, -0.2) is 24.6 Å². The van der Waals surface area contributed by atoms with Gasteiger partial charge in [-0.1, -0.05) is 0 Å². The van der Waals surface area contributed by atoms with Crippen molar-refractivity contribution in [2.75, 3.05) is 13.7 Å². The number of pyridine rings is 1. The van der Waals surface area contributed by atoms with Crippen LogP contribution < -0.4 is 5.32 Å². The minimum Gasteiger partial charge on any atom is -0.469 e. The lowest BCUT2D eigenvalue weighted by atomic mass is 10.3. The number of ether oxygens (including phenoxy) is 1. The van der Waals surface area contributed by atoms with Crippen LogP contribution in [-0.2, 0) is 16.1 Å². The Hall–Kier alpha value is -0.940. The molecule has 88 valence electrons. The summed E-state index contributed by atoms with van der Waals surface area (Å²) in [5, 5.41) is 3.22. The zero-order valence-corrected chi connectivity index (χ0v) is 10.8. The molecule has 1 aromatic heterocycles. The molecule has 16 heavy (non-hydrogen) atoms. The third kappa shape index (κ3) is 5.23. The van der Waals surface area contributed by atoms with Gasteiger partial charge in [-0.05, 0) is 41.0 Å². The van der Waals surface area contributed by atoms with Gasteiger partial charge < -0.3 is 10.1 Å². The highest BCUT2D eigenvalue weighted by Crippen LogP contribution is 2.06. The third-order valence-electron chi connectivity index (χ3n) is 2.06. The quantitative estimate of drug-likeness (QED) is 0.641. The van der Waals surface area contributed by atoms with Crippen LogP contribution >= 0.6 is 15.9 Å². The first kappa shape index (κ1) is 13.1. The van der Waals surface area contributed by atoms with E-state index in [4.69, 9.17) is 0 Å². The van der Waals surface area contributed by atoms with Gasteiger partial charge in [-0.25, -0.2) is 0 Å². The van der Waals surface area contributed by atoms with E-state index >= 15 is 0 Å². The van der Waals surface area contributed by atoms with Crippen LogP contribution in [0.5, 0.6) is 0 Å². The van der Waals surface area contributed by atoms with E-state index in [2.05, 4.69) is 31.0 Å². The first-order valence-corrected chi connectivity index (χ1v) is 5.89. The summed E-state index contributed by atoms with van der Waals surface area (Å²) in [5.41, 5.74) is 0.987. The molecule has 0 aliphatic carbocycles. The van der Waals surface area contributed by atoms with Crippen molar-refractivity contribution in [3.8, 4) is 0 Å². The third-order valence-corrected chi connectivity index (χ3v) is 2.53. The molecule has 1 rings (SSSR count). The molecule has 4 nitrogen and oxygen atoms in total. The summed E-state index contributed by atoms with van der Waals surface area (Å²) >= 11 is 3.33. The van der Waals surface area contributed by atoms with Crippen molar-refractivity contribution in [2.24, 2.45) is 0 Å². The highest BCUT2D eigenvalue weighted by Gasteiger charge is 1.99. The molecule has 0 fully saturated rings. The Morgan fingerprint density at radius 3 is 3.00 bits per heavy atom. The van der Waals surface area contributed by atoms with Gasteiger partial charge in [0.1, 0.15) is 0 Å². The van der Waals surface area contributed by atoms with Crippen LogP contribution in [0.25, 0.3) is 0 Å². The number of carbonyl (C=O) groups excluding carboxylic acids is 1. The molecular formula is C11H15BrN2O2. The lowest BCUT2D eigenvalue weighted by Crippen LogP contribution is -2.16. The molecule has 0 bridgehead atoms. The minimum absolute atomic E-state index is 0.163. The van der Waals surface area contributed by atoms with Crippen LogP contribution in [0.3, 0.4) is 0 Å². The van der Waals surface area contributed by atoms with E-state index in [1.807, 2.05) is 12.1 Å². The molecule has 0 unspecified atom stereocenters. The molecule has 5 heteroatoms. The number of methoxy groups -OCH3 is 1. The summed E-state index contributed by atoms with van der Waals surface area (Å²) in [7, 11) is 1.40. The smallest absolute Gasteiger partial charge is 0.305 e. The second kappa shape index (κ2) is 7.35. The number of nitrogens with one attached hydrogen (secondary N) is 1. The lowest BCUT2D eigenvalue weighted by molar-refractivity contribution is -0.140. The molecule has 0 atom stereocenters. The first-order chi connectivity index (χ1) is 7.72. The van der Waals surface area contributed by atoms with Gasteiger partial charge in [0.2, 0.25) is 0 Å². The number of rotatable bonds is 6. The molecule has 0 aliphatic heterocycles. The Morgan fingerprint density at radius 1 is 1.56 bits per heavy atom. The van der Waals surface area contributed by atoms with E-state index in [9.17, 15) is 4.79 Å². The van der Waals surface area contributed by atoms with E-state index in [-0.39, 0.29) is 5.97 Å². The molecular weight excluding hydrogens is 272 g/mol. The molecule has 0 aromatic carbocycles. The van der Waals surface area contributed by atoms with Gasteiger partial charge in [0, 0.05) is 23.6 Å². The van der Waals surface area contributed by atoms with Gasteiger partial charge in [-0.3, -0.25) is 9.78 Å². The Morgan fingerprint density at radius 2 is 2.38 bits per heavy atom. The van der Waals surface area contributed by atoms with Crippen molar-refractivity contribution in [3.05, 3.63) is 28.5 Å². The molecule has 1 aromatic rings. The highest BCUT2D eigenvalue weighted by molar-refractivity contribution is 9.10. The molecule has 0 spiro atoms. The summed E-state index contributed by atoms with van der Waals surface area (Å²) in [6.45, 7) is 1.50. The summed E-state index contributed by atoms with van der Waals surface area (Å²) in [4.78, 5) is 15.0. The number of aromatic nitrogens is 1. The largest absolute Gasteiger partial charge is 0.469 e. The first-order valence-electron chi connectivity index (χ1n) is 5.10. The maximum absolute atomic E-state index is 10.8. The van der Waals surface area contributed by atoms with Crippen LogP contribution in [0.1, 0.15) is 18.5 Å². The van der Waals surface area contributed by atoms with E-state index < -0.39 is 0 Å².